The molecule has 0 aliphatic heterocycles. The lowest BCUT2D eigenvalue weighted by Gasteiger charge is -2.29. The van der Waals surface area contributed by atoms with E-state index in [1.807, 2.05) is 58.0 Å². The SMILES string of the molecule is CCOC(=O)[C@@H](OC(C)(C)C)c1c(C)cc2nc(-c3ccnc(-c4ccc5nc(OS(=O)(=O)C(F)(F)F)ccc5c4)c3)sc2c1-c1ccc(Cl)cc1. The summed E-state index contributed by atoms with van der Waals surface area (Å²) >= 11 is 7.71. The average Bonchev–Trinajstić information content (AvgIpc) is 3.50. The number of carbonyl (C=O) groups is 1. The van der Waals surface area contributed by atoms with E-state index in [0.29, 0.717) is 37.8 Å². The lowest BCUT2D eigenvalue weighted by Crippen LogP contribution is -2.29. The molecule has 0 amide bonds. The van der Waals surface area contributed by atoms with Crippen LogP contribution < -0.4 is 4.18 Å². The molecule has 52 heavy (non-hydrogen) atoms. The molecular formula is C37H31ClF3N3O6S2. The number of rotatable bonds is 9. The highest BCUT2D eigenvalue weighted by atomic mass is 35.5. The van der Waals surface area contributed by atoms with Crippen LogP contribution >= 0.6 is 22.9 Å². The minimum Gasteiger partial charge on any atom is -0.464 e. The lowest BCUT2D eigenvalue weighted by atomic mass is 9.91. The van der Waals surface area contributed by atoms with Crippen molar-refractivity contribution in [2.45, 2.75) is 51.8 Å². The molecule has 3 aromatic carbocycles. The summed E-state index contributed by atoms with van der Waals surface area (Å²) in [6.45, 7) is 9.48. The Labute approximate surface area is 306 Å². The minimum absolute atomic E-state index is 0.185. The van der Waals surface area contributed by atoms with Gasteiger partial charge in [-0.3, -0.25) is 4.98 Å². The van der Waals surface area contributed by atoms with Crippen molar-refractivity contribution in [1.29, 1.82) is 0 Å². The van der Waals surface area contributed by atoms with Gasteiger partial charge in [-0.15, -0.1) is 11.3 Å². The number of esters is 1. The maximum Gasteiger partial charge on any atom is 0.534 e. The number of hydrogen-bond donors (Lipinski definition) is 0. The largest absolute Gasteiger partial charge is 0.534 e. The van der Waals surface area contributed by atoms with E-state index in [0.717, 1.165) is 33.0 Å². The smallest absolute Gasteiger partial charge is 0.464 e. The zero-order valence-electron chi connectivity index (χ0n) is 28.4. The molecule has 0 saturated carbocycles. The molecule has 0 aliphatic carbocycles. The summed E-state index contributed by atoms with van der Waals surface area (Å²) in [6, 6.07) is 20.4. The molecule has 6 rings (SSSR count). The van der Waals surface area contributed by atoms with Crippen LogP contribution in [0.25, 0.3) is 54.1 Å². The van der Waals surface area contributed by atoms with E-state index < -0.39 is 39.2 Å². The first-order chi connectivity index (χ1) is 24.4. The van der Waals surface area contributed by atoms with Gasteiger partial charge in [-0.2, -0.15) is 21.6 Å². The van der Waals surface area contributed by atoms with Crippen molar-refractivity contribution < 1.29 is 40.0 Å². The number of fused-ring (bicyclic) bond motifs is 2. The van der Waals surface area contributed by atoms with E-state index in [4.69, 9.17) is 26.1 Å². The van der Waals surface area contributed by atoms with Crippen molar-refractivity contribution >= 4 is 60.1 Å². The van der Waals surface area contributed by atoms with Crippen LogP contribution in [0.2, 0.25) is 5.02 Å². The molecule has 0 unspecified atom stereocenters. The Morgan fingerprint density at radius 2 is 1.62 bits per heavy atom. The number of alkyl halides is 3. The third-order valence-corrected chi connectivity index (χ3v) is 10.1. The van der Waals surface area contributed by atoms with Crippen LogP contribution in [0.4, 0.5) is 13.2 Å². The molecule has 270 valence electrons. The maximum atomic E-state index is 13.5. The fourth-order valence-electron chi connectivity index (χ4n) is 5.57. The van der Waals surface area contributed by atoms with Crippen LogP contribution in [0.15, 0.2) is 79.0 Å². The summed E-state index contributed by atoms with van der Waals surface area (Å²) < 4.78 is 78.1. The van der Waals surface area contributed by atoms with Crippen LogP contribution in [0, 0.1) is 6.92 Å². The number of aryl methyl sites for hydroxylation is 1. The summed E-state index contributed by atoms with van der Waals surface area (Å²) in [5, 5.41) is 1.76. The number of carbonyl (C=O) groups excluding carboxylic acids is 1. The van der Waals surface area contributed by atoms with E-state index in [2.05, 4.69) is 14.2 Å². The van der Waals surface area contributed by atoms with Gasteiger partial charge in [0, 0.05) is 44.9 Å². The Bertz CT molecular complexity index is 2430. The van der Waals surface area contributed by atoms with Crippen molar-refractivity contribution in [2.75, 3.05) is 6.61 Å². The number of pyridine rings is 2. The summed E-state index contributed by atoms with van der Waals surface area (Å²) in [5.41, 5.74) is -0.254. The van der Waals surface area contributed by atoms with Crippen LogP contribution in [-0.2, 0) is 24.4 Å². The number of halogens is 4. The topological polar surface area (TPSA) is 118 Å². The predicted molar refractivity (Wildman–Crippen MR) is 195 cm³/mol. The molecule has 1 atom stereocenters. The molecule has 0 saturated heterocycles. The second-order valence-electron chi connectivity index (χ2n) is 12.7. The van der Waals surface area contributed by atoms with Crippen molar-refractivity contribution in [2.24, 2.45) is 0 Å². The van der Waals surface area contributed by atoms with E-state index >= 15 is 0 Å². The first-order valence-corrected chi connectivity index (χ1v) is 18.5. The van der Waals surface area contributed by atoms with Crippen LogP contribution in [-0.4, -0.2) is 47.1 Å². The van der Waals surface area contributed by atoms with Crippen molar-refractivity contribution in [1.82, 2.24) is 15.0 Å². The molecule has 3 aromatic heterocycles. The van der Waals surface area contributed by atoms with Gasteiger partial charge in [0.15, 0.2) is 6.10 Å². The van der Waals surface area contributed by atoms with Crippen LogP contribution in [0.5, 0.6) is 5.88 Å². The molecule has 0 spiro atoms. The standard InChI is InChI=1S/C37H31ClF3N3O6S2/c1-6-48-35(45)32(49-36(3,4)5)30-20(2)17-28-33(31(30)21-7-11-25(38)12-8-21)51-34(44-28)24-15-16-42-27(19-24)23-9-13-26-22(18-23)10-14-29(43-26)50-52(46,47)37(39,40)41/h7-19,32H,6H2,1-5H3/t32-/m0/s1. The van der Waals surface area contributed by atoms with Crippen molar-refractivity contribution in [3.8, 4) is 38.8 Å². The molecule has 9 nitrogen and oxygen atoms in total. The molecule has 0 bridgehead atoms. The van der Waals surface area contributed by atoms with Gasteiger partial charge in [0.1, 0.15) is 5.01 Å². The highest BCUT2D eigenvalue weighted by molar-refractivity contribution is 7.87. The molecule has 6 aromatic rings. The van der Waals surface area contributed by atoms with Gasteiger partial charge in [0.05, 0.1) is 33.6 Å². The fourth-order valence-corrected chi connectivity index (χ4v) is 7.23. The van der Waals surface area contributed by atoms with Gasteiger partial charge in [0.25, 0.3) is 0 Å². The van der Waals surface area contributed by atoms with Crippen LogP contribution in [0.3, 0.4) is 0 Å². The number of aromatic nitrogens is 3. The predicted octanol–water partition coefficient (Wildman–Crippen LogP) is 9.85. The Kier molecular flexibility index (Phi) is 10.0. The summed E-state index contributed by atoms with van der Waals surface area (Å²) in [5.74, 6) is -1.21. The quantitative estimate of drug-likeness (QED) is 0.0805. The van der Waals surface area contributed by atoms with Gasteiger partial charge in [-0.05, 0) is 94.3 Å². The monoisotopic (exact) mass is 769 g/mol. The molecule has 3 heterocycles. The number of benzene rings is 3. The number of hydrogen-bond acceptors (Lipinski definition) is 10. The highest BCUT2D eigenvalue weighted by Gasteiger charge is 2.49. The zero-order valence-corrected chi connectivity index (χ0v) is 30.8. The summed E-state index contributed by atoms with van der Waals surface area (Å²) in [7, 11) is -5.86. The van der Waals surface area contributed by atoms with Crippen molar-refractivity contribution in [3.05, 3.63) is 95.1 Å². The minimum atomic E-state index is -5.86. The van der Waals surface area contributed by atoms with E-state index in [1.54, 1.807) is 37.4 Å². The van der Waals surface area contributed by atoms with Crippen LogP contribution in [0.1, 0.15) is 44.9 Å². The van der Waals surface area contributed by atoms with Gasteiger partial charge < -0.3 is 13.7 Å². The second-order valence-corrected chi connectivity index (χ2v) is 15.7. The van der Waals surface area contributed by atoms with Gasteiger partial charge in [0.2, 0.25) is 5.88 Å². The molecule has 15 heteroatoms. The molecule has 0 radical (unpaired) electrons. The Morgan fingerprint density at radius 1 is 0.904 bits per heavy atom. The van der Waals surface area contributed by atoms with E-state index in [9.17, 15) is 26.4 Å². The Balaban J connectivity index is 1.43. The van der Waals surface area contributed by atoms with E-state index in [1.165, 1.54) is 23.5 Å². The number of thiazole rings is 1. The Morgan fingerprint density at radius 3 is 2.29 bits per heavy atom. The zero-order chi connectivity index (χ0) is 37.6. The van der Waals surface area contributed by atoms with Crippen molar-refractivity contribution in [3.63, 3.8) is 0 Å². The summed E-state index contributed by atoms with van der Waals surface area (Å²) in [6.07, 6.45) is 0.621. The second kappa shape index (κ2) is 14.1. The fraction of sp³-hybridized carbons (Fsp3) is 0.243. The van der Waals surface area contributed by atoms with E-state index in [-0.39, 0.29) is 12.1 Å². The van der Waals surface area contributed by atoms with Gasteiger partial charge in [-0.25, -0.2) is 14.8 Å². The van der Waals surface area contributed by atoms with Gasteiger partial charge >= 0.3 is 21.6 Å². The number of nitrogens with zero attached hydrogens (tertiary/aromatic N) is 3. The molecule has 0 aliphatic rings. The Hall–Kier alpha value is -4.63. The van der Waals surface area contributed by atoms with Gasteiger partial charge in [-0.1, -0.05) is 29.8 Å². The first kappa shape index (κ1) is 37.1. The highest BCUT2D eigenvalue weighted by Crippen LogP contribution is 2.45. The third-order valence-electron chi connectivity index (χ3n) is 7.74. The third kappa shape index (κ3) is 7.75. The first-order valence-electron chi connectivity index (χ1n) is 15.9. The lowest BCUT2D eigenvalue weighted by molar-refractivity contribution is -0.166. The normalized spacial score (nSPS) is 13.0. The molecule has 0 N–H and O–H groups in total. The maximum absolute atomic E-state index is 13.5. The number of ether oxygens (including phenoxy) is 2. The molecular weight excluding hydrogens is 739 g/mol. The molecule has 0 fully saturated rings. The average molecular weight is 770 g/mol. The summed E-state index contributed by atoms with van der Waals surface area (Å²) in [4.78, 5) is 26.9.